The van der Waals surface area contributed by atoms with Gasteiger partial charge in [-0.2, -0.15) is 0 Å². The average molecular weight is 850 g/mol. The number of carboxylic acids is 1. The Kier molecular flexibility index (Phi) is 39.5. The maximum absolute atomic E-state index is 12.3. The quantitative estimate of drug-likeness (QED) is 0.0201. The van der Waals surface area contributed by atoms with Gasteiger partial charge in [0, 0.05) is 12.8 Å². The molecule has 0 saturated carbocycles. The van der Waals surface area contributed by atoms with E-state index < -0.39 is 57.6 Å². The summed E-state index contributed by atoms with van der Waals surface area (Å²) in [6.07, 6.45) is 49.2. The summed E-state index contributed by atoms with van der Waals surface area (Å²) in [6.45, 7) is 2.44. The van der Waals surface area contributed by atoms with Crippen molar-refractivity contribution in [2.45, 2.75) is 187 Å². The number of rotatable bonds is 41. The lowest BCUT2D eigenvalue weighted by Crippen LogP contribution is -2.43. The fourth-order valence-corrected chi connectivity index (χ4v) is 6.52. The van der Waals surface area contributed by atoms with E-state index in [1.165, 1.54) is 32.1 Å². The summed E-state index contributed by atoms with van der Waals surface area (Å²) in [5.74, 6) is -2.42. The van der Waals surface area contributed by atoms with Crippen LogP contribution in [0.5, 0.6) is 0 Å². The van der Waals surface area contributed by atoms with Crippen LogP contribution in [0.15, 0.2) is 72.9 Å². The number of aliphatic hydroxyl groups is 1. The molecular weight excluding hydrogens is 769 g/mol. The molecule has 3 unspecified atom stereocenters. The highest BCUT2D eigenvalue weighted by molar-refractivity contribution is 7.47. The standard InChI is InChI=1S/C47H80NO10P/c1-3-5-7-9-11-13-15-17-19-20-21-22-23-24-25-26-28-30-32-34-36-38-45(50)48-44(47(52)53)42-58-59(54,55)57-41-43(49)40-56-46(51)39-37-35-33-31-29-27-18-16-14-12-10-8-6-4-2/h5,7,11,13,16-19,21-22,24-25,43-44,49H,3-4,6,8-10,12,14-15,20,23,26-42H2,1-2H3,(H,48,50)(H,52,53)(H,54,55)/b7-5-,13-11-,18-16-,19-17-,22-21-,25-24-. The van der Waals surface area contributed by atoms with Crippen LogP contribution >= 0.6 is 7.82 Å². The number of aliphatic carboxylic acids is 1. The minimum atomic E-state index is -4.77. The van der Waals surface area contributed by atoms with Gasteiger partial charge in [0.15, 0.2) is 6.04 Å². The van der Waals surface area contributed by atoms with Gasteiger partial charge in [0.05, 0.1) is 13.2 Å². The second-order valence-electron chi connectivity index (χ2n) is 14.9. The van der Waals surface area contributed by atoms with Crippen LogP contribution in [0.4, 0.5) is 0 Å². The van der Waals surface area contributed by atoms with Gasteiger partial charge in [-0.1, -0.05) is 151 Å². The minimum Gasteiger partial charge on any atom is -0.480 e. The third kappa shape index (κ3) is 41.4. The van der Waals surface area contributed by atoms with Crippen molar-refractivity contribution in [1.82, 2.24) is 5.32 Å². The van der Waals surface area contributed by atoms with Crippen LogP contribution in [-0.4, -0.2) is 64.9 Å². The van der Waals surface area contributed by atoms with Gasteiger partial charge in [-0.3, -0.25) is 18.6 Å². The van der Waals surface area contributed by atoms with Crippen LogP contribution < -0.4 is 5.32 Å². The molecule has 0 rings (SSSR count). The van der Waals surface area contributed by atoms with Crippen molar-refractivity contribution >= 4 is 25.7 Å². The molecule has 0 aliphatic carbocycles. The summed E-state index contributed by atoms with van der Waals surface area (Å²) in [5, 5.41) is 21.8. The number of hydrogen-bond acceptors (Lipinski definition) is 8. The zero-order chi connectivity index (χ0) is 43.5. The Balaban J connectivity index is 3.96. The number of phosphoric acid groups is 1. The highest BCUT2D eigenvalue weighted by Gasteiger charge is 2.28. The van der Waals surface area contributed by atoms with E-state index in [0.717, 1.165) is 103 Å². The number of allylic oxidation sites excluding steroid dienone is 12. The van der Waals surface area contributed by atoms with Crippen molar-refractivity contribution in [3.8, 4) is 0 Å². The van der Waals surface area contributed by atoms with Crippen molar-refractivity contribution in [2.75, 3.05) is 19.8 Å². The number of phosphoric ester groups is 1. The van der Waals surface area contributed by atoms with Crippen LogP contribution in [0.2, 0.25) is 0 Å². The number of carbonyl (C=O) groups excluding carboxylic acids is 2. The predicted molar refractivity (Wildman–Crippen MR) is 240 cm³/mol. The summed E-state index contributed by atoms with van der Waals surface area (Å²) in [4.78, 5) is 45.9. The number of unbranched alkanes of at least 4 members (excludes halogenated alkanes) is 15. The highest BCUT2D eigenvalue weighted by atomic mass is 31.2. The van der Waals surface area contributed by atoms with Gasteiger partial charge in [-0.25, -0.2) is 9.36 Å². The Morgan fingerprint density at radius 3 is 1.49 bits per heavy atom. The Bertz CT molecular complexity index is 1280. The van der Waals surface area contributed by atoms with Crippen molar-refractivity contribution in [2.24, 2.45) is 0 Å². The number of carbonyl (C=O) groups is 3. The molecule has 0 fully saturated rings. The summed E-state index contributed by atoms with van der Waals surface area (Å²) in [7, 11) is -4.77. The maximum Gasteiger partial charge on any atom is 0.472 e. The Labute approximate surface area is 357 Å². The number of nitrogens with one attached hydrogen (secondary N) is 1. The van der Waals surface area contributed by atoms with Gasteiger partial charge < -0.3 is 25.2 Å². The monoisotopic (exact) mass is 850 g/mol. The first kappa shape index (κ1) is 55.9. The number of esters is 1. The Morgan fingerprint density at radius 1 is 0.559 bits per heavy atom. The average Bonchev–Trinajstić information content (AvgIpc) is 3.21. The van der Waals surface area contributed by atoms with E-state index in [1.54, 1.807) is 0 Å². The number of amides is 1. The van der Waals surface area contributed by atoms with E-state index in [0.29, 0.717) is 12.8 Å². The minimum absolute atomic E-state index is 0.119. The molecule has 0 aliphatic rings. The van der Waals surface area contributed by atoms with Crippen molar-refractivity contribution < 1.29 is 47.8 Å². The van der Waals surface area contributed by atoms with Gasteiger partial charge in [-0.05, 0) is 83.5 Å². The summed E-state index contributed by atoms with van der Waals surface area (Å²) < 4.78 is 26.8. The molecule has 12 heteroatoms. The van der Waals surface area contributed by atoms with E-state index in [4.69, 9.17) is 13.8 Å². The first-order valence-corrected chi connectivity index (χ1v) is 24.0. The Hall–Kier alpha value is -3.08. The van der Waals surface area contributed by atoms with E-state index in [1.807, 2.05) is 0 Å². The van der Waals surface area contributed by atoms with Crippen molar-refractivity contribution in [3.63, 3.8) is 0 Å². The second kappa shape index (κ2) is 41.6. The van der Waals surface area contributed by atoms with Crippen LogP contribution in [0.25, 0.3) is 0 Å². The molecule has 0 spiro atoms. The summed E-state index contributed by atoms with van der Waals surface area (Å²) in [6, 6.07) is -1.56. The first-order valence-electron chi connectivity index (χ1n) is 22.5. The molecule has 0 heterocycles. The molecule has 0 bridgehead atoms. The molecule has 0 aromatic carbocycles. The lowest BCUT2D eigenvalue weighted by atomic mass is 10.1. The second-order valence-corrected chi connectivity index (χ2v) is 16.3. The fraction of sp³-hybridized carbons (Fsp3) is 0.681. The molecule has 0 saturated heterocycles. The molecule has 1 amide bonds. The van der Waals surface area contributed by atoms with Crippen LogP contribution in [0.1, 0.15) is 174 Å². The first-order chi connectivity index (χ1) is 28.6. The number of aliphatic hydroxyl groups excluding tert-OH is 1. The molecule has 11 nitrogen and oxygen atoms in total. The molecule has 3 atom stereocenters. The maximum atomic E-state index is 12.3. The number of hydrogen-bond donors (Lipinski definition) is 4. The smallest absolute Gasteiger partial charge is 0.472 e. The van der Waals surface area contributed by atoms with E-state index in [-0.39, 0.29) is 12.8 Å². The van der Waals surface area contributed by atoms with Gasteiger partial charge in [-0.15, -0.1) is 0 Å². The predicted octanol–water partition coefficient (Wildman–Crippen LogP) is 11.7. The zero-order valence-corrected chi connectivity index (χ0v) is 37.4. The SMILES string of the molecule is CC/C=C\C/C=C\C/C=C\C/C=C\C/C=C\CCCCCCCC(=O)NC(COP(=O)(O)OCC(O)COC(=O)CCCCCCC/C=C\CCCCCCC)C(=O)O. The lowest BCUT2D eigenvalue weighted by molar-refractivity contribution is -0.147. The van der Waals surface area contributed by atoms with E-state index in [2.05, 4.69) is 92.1 Å². The molecule has 0 aliphatic heterocycles. The van der Waals surface area contributed by atoms with Crippen LogP contribution in [0.3, 0.4) is 0 Å². The molecule has 338 valence electrons. The molecule has 4 N–H and O–H groups in total. The third-order valence-corrected chi connectivity index (χ3v) is 10.2. The van der Waals surface area contributed by atoms with Crippen molar-refractivity contribution in [3.05, 3.63) is 72.9 Å². The third-order valence-electron chi connectivity index (χ3n) is 9.23. The largest absolute Gasteiger partial charge is 0.480 e. The van der Waals surface area contributed by atoms with Crippen LogP contribution in [-0.2, 0) is 32.7 Å². The lowest BCUT2D eigenvalue weighted by Gasteiger charge is -2.18. The topological polar surface area (TPSA) is 169 Å². The number of carboxylic acid groups (broad SMARTS) is 1. The van der Waals surface area contributed by atoms with Crippen LogP contribution in [0, 0.1) is 0 Å². The molecule has 0 radical (unpaired) electrons. The normalized spacial score (nSPS) is 14.4. The summed E-state index contributed by atoms with van der Waals surface area (Å²) >= 11 is 0. The summed E-state index contributed by atoms with van der Waals surface area (Å²) in [5.41, 5.74) is 0. The van der Waals surface area contributed by atoms with Crippen molar-refractivity contribution in [1.29, 1.82) is 0 Å². The molecule has 59 heavy (non-hydrogen) atoms. The van der Waals surface area contributed by atoms with Gasteiger partial charge >= 0.3 is 19.8 Å². The Morgan fingerprint density at radius 2 is 0.983 bits per heavy atom. The van der Waals surface area contributed by atoms with E-state index >= 15 is 0 Å². The van der Waals surface area contributed by atoms with Gasteiger partial charge in [0.2, 0.25) is 5.91 Å². The van der Waals surface area contributed by atoms with E-state index in [9.17, 15) is 34.1 Å². The fourth-order valence-electron chi connectivity index (χ4n) is 5.75. The molecule has 0 aromatic rings. The number of ether oxygens (including phenoxy) is 1. The molecule has 0 aromatic heterocycles. The highest BCUT2D eigenvalue weighted by Crippen LogP contribution is 2.43. The zero-order valence-electron chi connectivity index (χ0n) is 36.5. The molecular formula is C47H80NO10P. The van der Waals surface area contributed by atoms with Gasteiger partial charge in [0.25, 0.3) is 0 Å². The van der Waals surface area contributed by atoms with Gasteiger partial charge in [0.1, 0.15) is 12.7 Å².